The maximum absolute atomic E-state index is 12.6. The van der Waals surface area contributed by atoms with E-state index < -0.39 is 11.2 Å². The van der Waals surface area contributed by atoms with Crippen LogP contribution >= 0.6 is 11.3 Å². The highest BCUT2D eigenvalue weighted by Crippen LogP contribution is 2.38. The first kappa shape index (κ1) is 14.5. The molecule has 0 saturated carbocycles. The second-order valence-corrected chi connectivity index (χ2v) is 6.43. The zero-order chi connectivity index (χ0) is 15.0. The Balaban J connectivity index is 1.77. The van der Waals surface area contributed by atoms with E-state index in [2.05, 4.69) is 17.1 Å². The van der Waals surface area contributed by atoms with Gasteiger partial charge in [-0.1, -0.05) is 24.3 Å². The lowest BCUT2D eigenvalue weighted by atomic mass is 9.80. The first-order valence-corrected chi connectivity index (χ1v) is 7.62. The maximum atomic E-state index is 12.6. The van der Waals surface area contributed by atoms with Gasteiger partial charge in [-0.2, -0.15) is 13.2 Å². The summed E-state index contributed by atoms with van der Waals surface area (Å²) in [6, 6.07) is 7.79. The molecule has 0 fully saturated rings. The fourth-order valence-electron chi connectivity index (χ4n) is 2.84. The molecule has 6 heteroatoms. The van der Waals surface area contributed by atoms with Crippen LogP contribution in [0.4, 0.5) is 13.2 Å². The normalized spacial score (nSPS) is 20.1. The van der Waals surface area contributed by atoms with Crippen molar-refractivity contribution in [2.24, 2.45) is 11.7 Å². The number of hydrogen-bond donors (Lipinski definition) is 1. The summed E-state index contributed by atoms with van der Waals surface area (Å²) >= 11 is 0.662. The monoisotopic (exact) mass is 312 g/mol. The number of aryl methyl sites for hydroxylation is 1. The van der Waals surface area contributed by atoms with Gasteiger partial charge in [0.05, 0.1) is 0 Å². The number of benzene rings is 1. The van der Waals surface area contributed by atoms with E-state index >= 15 is 0 Å². The van der Waals surface area contributed by atoms with E-state index in [0.717, 1.165) is 19.3 Å². The summed E-state index contributed by atoms with van der Waals surface area (Å²) < 4.78 is 37.8. The number of fused-ring (bicyclic) bond motifs is 1. The molecule has 1 aromatic carbocycles. The number of aromatic nitrogens is 1. The van der Waals surface area contributed by atoms with Crippen molar-refractivity contribution in [3.8, 4) is 0 Å². The number of nitrogens with two attached hydrogens (primary N) is 1. The number of alkyl halides is 3. The molecule has 0 bridgehead atoms. The van der Waals surface area contributed by atoms with Crippen molar-refractivity contribution in [1.82, 2.24) is 4.98 Å². The first-order chi connectivity index (χ1) is 9.95. The summed E-state index contributed by atoms with van der Waals surface area (Å²) in [4.78, 5) is 3.98. The summed E-state index contributed by atoms with van der Waals surface area (Å²) in [7, 11) is 0. The summed E-state index contributed by atoms with van der Waals surface area (Å²) in [5.41, 5.74) is 8.76. The molecule has 2 atom stereocenters. The average Bonchev–Trinajstić information content (AvgIpc) is 2.96. The minimum absolute atomic E-state index is 0.168. The summed E-state index contributed by atoms with van der Waals surface area (Å²) in [6.45, 7) is 0. The molecule has 2 nitrogen and oxygen atoms in total. The van der Waals surface area contributed by atoms with Gasteiger partial charge < -0.3 is 5.73 Å². The molecule has 2 N–H and O–H groups in total. The number of hydrogen-bond acceptors (Lipinski definition) is 3. The SMILES string of the molecule is NC(c1cnc(C(F)(F)F)s1)C1CCc2ccccc2C1. The summed E-state index contributed by atoms with van der Waals surface area (Å²) in [6.07, 6.45) is -0.464. The maximum Gasteiger partial charge on any atom is 0.443 e. The van der Waals surface area contributed by atoms with Crippen LogP contribution in [0, 0.1) is 5.92 Å². The smallest absolute Gasteiger partial charge is 0.323 e. The van der Waals surface area contributed by atoms with Gasteiger partial charge in [0, 0.05) is 17.1 Å². The zero-order valence-corrected chi connectivity index (χ0v) is 12.0. The third-order valence-corrected chi connectivity index (χ3v) is 5.13. The lowest BCUT2D eigenvalue weighted by Gasteiger charge is -2.28. The Bertz CT molecular complexity index is 636. The van der Waals surface area contributed by atoms with E-state index in [4.69, 9.17) is 5.73 Å². The predicted octanol–water partition coefficient (Wildman–Crippen LogP) is 3.97. The van der Waals surface area contributed by atoms with Crippen LogP contribution in [0.3, 0.4) is 0 Å². The highest BCUT2D eigenvalue weighted by molar-refractivity contribution is 7.11. The van der Waals surface area contributed by atoms with Crippen LogP contribution in [0.25, 0.3) is 0 Å². The third-order valence-electron chi connectivity index (χ3n) is 3.99. The number of rotatable bonds is 2. The molecule has 1 aromatic heterocycles. The van der Waals surface area contributed by atoms with Crippen molar-refractivity contribution in [1.29, 1.82) is 0 Å². The Morgan fingerprint density at radius 2 is 1.95 bits per heavy atom. The molecular formula is C15H15F3N2S. The van der Waals surface area contributed by atoms with Crippen LogP contribution in [0.5, 0.6) is 0 Å². The number of halogens is 3. The van der Waals surface area contributed by atoms with Gasteiger partial charge in [0.1, 0.15) is 0 Å². The van der Waals surface area contributed by atoms with Crippen LogP contribution in [0.2, 0.25) is 0 Å². The van der Waals surface area contributed by atoms with Crippen LogP contribution in [-0.4, -0.2) is 4.98 Å². The van der Waals surface area contributed by atoms with E-state index in [1.807, 2.05) is 12.1 Å². The van der Waals surface area contributed by atoms with Gasteiger partial charge in [-0.05, 0) is 36.3 Å². The number of nitrogens with zero attached hydrogens (tertiary/aromatic N) is 1. The van der Waals surface area contributed by atoms with Gasteiger partial charge in [0.2, 0.25) is 0 Å². The Hall–Kier alpha value is -1.40. The molecule has 3 rings (SSSR count). The molecule has 112 valence electrons. The van der Waals surface area contributed by atoms with Crippen LogP contribution in [0.15, 0.2) is 30.5 Å². The largest absolute Gasteiger partial charge is 0.443 e. The predicted molar refractivity (Wildman–Crippen MR) is 76.0 cm³/mol. The fraction of sp³-hybridized carbons (Fsp3) is 0.400. The molecule has 0 amide bonds. The van der Waals surface area contributed by atoms with Gasteiger partial charge in [-0.15, -0.1) is 11.3 Å². The Kier molecular flexibility index (Phi) is 3.75. The first-order valence-electron chi connectivity index (χ1n) is 6.80. The standard InChI is InChI=1S/C15H15F3N2S/c16-15(17,18)14-20-8-12(21-14)13(19)11-6-5-9-3-1-2-4-10(9)7-11/h1-4,8,11,13H,5-7,19H2. The minimum atomic E-state index is -4.39. The van der Waals surface area contributed by atoms with E-state index in [1.54, 1.807) is 0 Å². The molecule has 1 aliphatic carbocycles. The number of thiazole rings is 1. The van der Waals surface area contributed by atoms with Crippen molar-refractivity contribution in [2.45, 2.75) is 31.5 Å². The van der Waals surface area contributed by atoms with Crippen LogP contribution in [-0.2, 0) is 19.0 Å². The van der Waals surface area contributed by atoms with E-state index in [9.17, 15) is 13.2 Å². The fourth-order valence-corrected chi connectivity index (χ4v) is 3.71. The topological polar surface area (TPSA) is 38.9 Å². The molecule has 2 unspecified atom stereocenters. The molecule has 0 aliphatic heterocycles. The van der Waals surface area contributed by atoms with Gasteiger partial charge >= 0.3 is 6.18 Å². The molecule has 1 heterocycles. The highest BCUT2D eigenvalue weighted by Gasteiger charge is 2.36. The van der Waals surface area contributed by atoms with Crippen molar-refractivity contribution in [3.05, 3.63) is 51.5 Å². The van der Waals surface area contributed by atoms with E-state index in [0.29, 0.717) is 16.2 Å². The van der Waals surface area contributed by atoms with Crippen LogP contribution in [0.1, 0.15) is 33.5 Å². The average molecular weight is 312 g/mol. The summed E-state index contributed by atoms with van der Waals surface area (Å²) in [5.74, 6) is 0.168. The molecule has 0 radical (unpaired) electrons. The van der Waals surface area contributed by atoms with Crippen molar-refractivity contribution >= 4 is 11.3 Å². The molecule has 2 aromatic rings. The van der Waals surface area contributed by atoms with Gasteiger partial charge in [0.15, 0.2) is 5.01 Å². The Morgan fingerprint density at radius 1 is 1.24 bits per heavy atom. The molecule has 0 spiro atoms. The quantitative estimate of drug-likeness (QED) is 0.911. The van der Waals surface area contributed by atoms with E-state index in [1.165, 1.54) is 17.3 Å². The van der Waals surface area contributed by atoms with Crippen molar-refractivity contribution in [2.75, 3.05) is 0 Å². The van der Waals surface area contributed by atoms with Gasteiger partial charge in [-0.3, -0.25) is 0 Å². The van der Waals surface area contributed by atoms with Gasteiger partial charge in [-0.25, -0.2) is 4.98 Å². The molecule has 0 saturated heterocycles. The molecular weight excluding hydrogens is 297 g/mol. The lowest BCUT2D eigenvalue weighted by Crippen LogP contribution is -2.26. The van der Waals surface area contributed by atoms with Crippen molar-refractivity contribution < 1.29 is 13.2 Å². The van der Waals surface area contributed by atoms with Crippen molar-refractivity contribution in [3.63, 3.8) is 0 Å². The zero-order valence-electron chi connectivity index (χ0n) is 11.2. The highest BCUT2D eigenvalue weighted by atomic mass is 32.1. The Morgan fingerprint density at radius 3 is 2.62 bits per heavy atom. The van der Waals surface area contributed by atoms with Crippen LogP contribution < -0.4 is 5.73 Å². The Labute approximate surface area is 124 Å². The second-order valence-electron chi connectivity index (χ2n) is 5.36. The minimum Gasteiger partial charge on any atom is -0.323 e. The molecule has 1 aliphatic rings. The second kappa shape index (κ2) is 5.42. The van der Waals surface area contributed by atoms with Gasteiger partial charge in [0.25, 0.3) is 0 Å². The van der Waals surface area contributed by atoms with E-state index in [-0.39, 0.29) is 12.0 Å². The molecule has 21 heavy (non-hydrogen) atoms. The lowest BCUT2D eigenvalue weighted by molar-refractivity contribution is -0.137. The summed E-state index contributed by atoms with van der Waals surface area (Å²) in [5, 5.41) is -0.816. The third kappa shape index (κ3) is 2.96.